The number of rotatable bonds is 0. The number of hydrogen-bond donors (Lipinski definition) is 0. The molecule has 0 fully saturated rings. The molecule has 0 aliphatic rings. The molecule has 0 saturated heterocycles. The predicted molar refractivity (Wildman–Crippen MR) is 33.2 cm³/mol. The fourth-order valence-corrected chi connectivity index (χ4v) is 0.599. The van der Waals surface area contributed by atoms with E-state index in [-0.39, 0.29) is 10.3 Å². The van der Waals surface area contributed by atoms with Crippen molar-refractivity contribution < 1.29 is 4.73 Å². The van der Waals surface area contributed by atoms with E-state index in [4.69, 9.17) is 23.2 Å². The van der Waals surface area contributed by atoms with E-state index in [9.17, 15) is 5.21 Å². The summed E-state index contributed by atoms with van der Waals surface area (Å²) in [5.74, 6) is 0. The Balaban J connectivity index is 3.17. The second-order valence-corrected chi connectivity index (χ2v) is 2.13. The molecule has 5 heteroatoms. The van der Waals surface area contributed by atoms with Gasteiger partial charge in [-0.3, -0.25) is 0 Å². The van der Waals surface area contributed by atoms with Gasteiger partial charge in [-0.1, -0.05) is 11.6 Å². The van der Waals surface area contributed by atoms with Gasteiger partial charge in [-0.25, -0.2) is 4.98 Å². The second kappa shape index (κ2) is 2.37. The maximum atomic E-state index is 10.5. The van der Waals surface area contributed by atoms with Crippen molar-refractivity contribution in [2.45, 2.75) is 0 Å². The van der Waals surface area contributed by atoms with Gasteiger partial charge in [0.25, 0.3) is 0 Å². The molecule has 0 bridgehead atoms. The molecule has 0 aromatic carbocycles. The number of hydrogen-bond acceptors (Lipinski definition) is 2. The quantitative estimate of drug-likeness (QED) is 0.425. The van der Waals surface area contributed by atoms with E-state index in [0.717, 1.165) is 6.20 Å². The van der Waals surface area contributed by atoms with Crippen LogP contribution in [0.1, 0.15) is 0 Å². The summed E-state index contributed by atoms with van der Waals surface area (Å²) in [5, 5.41) is 10.6. The third-order valence-electron chi connectivity index (χ3n) is 0.729. The minimum absolute atomic E-state index is 0.0133. The van der Waals surface area contributed by atoms with Crippen molar-refractivity contribution in [2.24, 2.45) is 0 Å². The van der Waals surface area contributed by atoms with Crippen LogP contribution in [-0.4, -0.2) is 4.98 Å². The molecule has 1 aromatic rings. The monoisotopic (exact) mass is 164 g/mol. The fraction of sp³-hybridized carbons (Fsp3) is 0. The topological polar surface area (TPSA) is 39.8 Å². The van der Waals surface area contributed by atoms with Crippen LogP contribution in [0, 0.1) is 5.21 Å². The molecule has 0 amide bonds. The van der Waals surface area contributed by atoms with Crippen molar-refractivity contribution >= 4 is 23.2 Å². The summed E-state index contributed by atoms with van der Waals surface area (Å²) in [6.07, 6.45) is 2.28. The fourth-order valence-electron chi connectivity index (χ4n) is 0.364. The Morgan fingerprint density at radius 1 is 1.56 bits per heavy atom. The molecular weight excluding hydrogens is 163 g/mol. The zero-order chi connectivity index (χ0) is 6.85. The van der Waals surface area contributed by atoms with E-state index in [2.05, 4.69) is 4.98 Å². The van der Waals surface area contributed by atoms with Crippen LogP contribution >= 0.6 is 23.2 Å². The third kappa shape index (κ3) is 1.43. The molecule has 9 heavy (non-hydrogen) atoms. The first-order valence-electron chi connectivity index (χ1n) is 2.10. The van der Waals surface area contributed by atoms with Crippen molar-refractivity contribution in [3.05, 3.63) is 27.9 Å². The van der Waals surface area contributed by atoms with E-state index in [0.29, 0.717) is 4.73 Å². The molecule has 0 atom stereocenters. The van der Waals surface area contributed by atoms with Gasteiger partial charge in [0, 0.05) is 0 Å². The lowest BCUT2D eigenvalue weighted by Crippen LogP contribution is -2.26. The summed E-state index contributed by atoms with van der Waals surface area (Å²) in [6.45, 7) is 0. The number of aromatic nitrogens is 2. The van der Waals surface area contributed by atoms with E-state index in [1.54, 1.807) is 0 Å². The smallest absolute Gasteiger partial charge is 0.304 e. The van der Waals surface area contributed by atoms with E-state index < -0.39 is 0 Å². The summed E-state index contributed by atoms with van der Waals surface area (Å²) < 4.78 is 0.441. The lowest BCUT2D eigenvalue weighted by atomic mass is 10.8. The van der Waals surface area contributed by atoms with Crippen molar-refractivity contribution in [1.82, 2.24) is 4.98 Å². The highest BCUT2D eigenvalue weighted by Crippen LogP contribution is 2.02. The van der Waals surface area contributed by atoms with Crippen LogP contribution in [-0.2, 0) is 0 Å². The zero-order valence-electron chi connectivity index (χ0n) is 4.21. The average Bonchev–Trinajstić information content (AvgIpc) is 1.80. The molecule has 0 radical (unpaired) electrons. The van der Waals surface area contributed by atoms with Crippen LogP contribution in [0.25, 0.3) is 0 Å². The molecule has 0 aliphatic heterocycles. The van der Waals surface area contributed by atoms with E-state index in [1.807, 2.05) is 0 Å². The van der Waals surface area contributed by atoms with Crippen LogP contribution in [0.2, 0.25) is 10.3 Å². The SMILES string of the molecule is [O-][n+]1cc(Cl)ncc1Cl. The van der Waals surface area contributed by atoms with Gasteiger partial charge in [-0.05, 0) is 11.6 Å². The molecule has 48 valence electrons. The minimum Gasteiger partial charge on any atom is -0.618 e. The van der Waals surface area contributed by atoms with Gasteiger partial charge in [0.15, 0.2) is 5.15 Å². The summed E-state index contributed by atoms with van der Waals surface area (Å²) in [6, 6.07) is 0. The third-order valence-corrected chi connectivity index (χ3v) is 1.19. The van der Waals surface area contributed by atoms with Gasteiger partial charge in [0.2, 0.25) is 6.20 Å². The largest absolute Gasteiger partial charge is 0.618 e. The summed E-state index contributed by atoms with van der Waals surface area (Å²) in [7, 11) is 0. The molecule has 0 unspecified atom stereocenters. The Hall–Kier alpha value is -0.540. The van der Waals surface area contributed by atoms with Gasteiger partial charge in [0.1, 0.15) is 6.20 Å². The molecule has 0 spiro atoms. The molecule has 0 saturated carbocycles. The summed E-state index contributed by atoms with van der Waals surface area (Å²) in [5.41, 5.74) is 0. The molecular formula is C4H2Cl2N2O. The van der Waals surface area contributed by atoms with Gasteiger partial charge in [-0.2, -0.15) is 4.73 Å². The first-order chi connectivity index (χ1) is 4.20. The van der Waals surface area contributed by atoms with Gasteiger partial charge in [0.05, 0.1) is 0 Å². The van der Waals surface area contributed by atoms with Crippen LogP contribution in [0.4, 0.5) is 0 Å². The molecule has 1 heterocycles. The van der Waals surface area contributed by atoms with Crippen LogP contribution in [0.15, 0.2) is 12.4 Å². The predicted octanol–water partition coefficient (Wildman–Crippen LogP) is 1.02. The normalized spacial score (nSPS) is 9.56. The van der Waals surface area contributed by atoms with Gasteiger partial charge in [-0.15, -0.1) is 0 Å². The molecule has 0 N–H and O–H groups in total. The van der Waals surface area contributed by atoms with Gasteiger partial charge < -0.3 is 5.21 Å². The Bertz CT molecular complexity index is 228. The Kier molecular flexibility index (Phi) is 1.73. The van der Waals surface area contributed by atoms with Crippen LogP contribution in [0.5, 0.6) is 0 Å². The minimum atomic E-state index is 0.0133. The van der Waals surface area contributed by atoms with E-state index in [1.165, 1.54) is 6.20 Å². The van der Waals surface area contributed by atoms with Crippen molar-refractivity contribution in [2.75, 3.05) is 0 Å². The first kappa shape index (κ1) is 6.58. The lowest BCUT2D eigenvalue weighted by molar-refractivity contribution is -0.603. The summed E-state index contributed by atoms with van der Waals surface area (Å²) >= 11 is 10.6. The standard InChI is InChI=1S/C4H2Cl2N2O/c5-3-2-8(9)4(6)1-7-3/h1-2H. The Morgan fingerprint density at radius 2 is 2.22 bits per heavy atom. The summed E-state index contributed by atoms with van der Waals surface area (Å²) in [4.78, 5) is 3.55. The molecule has 0 aliphatic carbocycles. The highest BCUT2D eigenvalue weighted by atomic mass is 35.5. The molecule has 1 aromatic heterocycles. The number of halogens is 2. The zero-order valence-corrected chi connectivity index (χ0v) is 5.73. The molecule has 1 rings (SSSR count). The Labute approximate surface area is 61.4 Å². The van der Waals surface area contributed by atoms with Crippen LogP contribution < -0.4 is 4.73 Å². The van der Waals surface area contributed by atoms with Gasteiger partial charge >= 0.3 is 5.15 Å². The highest BCUT2D eigenvalue weighted by Gasteiger charge is 2.00. The second-order valence-electron chi connectivity index (χ2n) is 1.36. The van der Waals surface area contributed by atoms with Crippen molar-refractivity contribution in [3.8, 4) is 0 Å². The van der Waals surface area contributed by atoms with Crippen LogP contribution in [0.3, 0.4) is 0 Å². The van der Waals surface area contributed by atoms with E-state index >= 15 is 0 Å². The van der Waals surface area contributed by atoms with Crippen molar-refractivity contribution in [3.63, 3.8) is 0 Å². The molecule has 3 nitrogen and oxygen atoms in total. The van der Waals surface area contributed by atoms with Crippen molar-refractivity contribution in [1.29, 1.82) is 0 Å². The average molecular weight is 165 g/mol. The first-order valence-corrected chi connectivity index (χ1v) is 2.86. The maximum absolute atomic E-state index is 10.5. The maximum Gasteiger partial charge on any atom is 0.304 e. The number of nitrogens with zero attached hydrogens (tertiary/aromatic N) is 2. The highest BCUT2D eigenvalue weighted by molar-refractivity contribution is 6.30. The lowest BCUT2D eigenvalue weighted by Gasteiger charge is -1.94. The Morgan fingerprint density at radius 3 is 2.67 bits per heavy atom.